The molecule has 2 N–H and O–H groups in total. The molecule has 0 radical (unpaired) electrons. The third-order valence-corrected chi connectivity index (χ3v) is 2.65. The molecule has 0 spiro atoms. The van der Waals surface area contributed by atoms with Crippen LogP contribution in [-0.4, -0.2) is 9.97 Å². The highest BCUT2D eigenvalue weighted by Gasteiger charge is 2.02. The standard InChI is InChI=1S/C13H13N3O/c1-2-4-13-10(3-1)5-12(17-13)8-14-6-11-7-15-9-16-11/h1-5,7,9,14H,6,8H2,(H,15,16). The zero-order chi connectivity index (χ0) is 11.5. The van der Waals surface area contributed by atoms with Crippen molar-refractivity contribution in [1.29, 1.82) is 0 Å². The number of benzene rings is 1. The highest BCUT2D eigenvalue weighted by molar-refractivity contribution is 5.77. The van der Waals surface area contributed by atoms with Gasteiger partial charge in [0.25, 0.3) is 0 Å². The van der Waals surface area contributed by atoms with Gasteiger partial charge in [0, 0.05) is 23.8 Å². The van der Waals surface area contributed by atoms with Crippen LogP contribution in [0.15, 0.2) is 47.3 Å². The van der Waals surface area contributed by atoms with Crippen molar-refractivity contribution in [2.45, 2.75) is 13.1 Å². The summed E-state index contributed by atoms with van der Waals surface area (Å²) in [5.74, 6) is 0.950. The van der Waals surface area contributed by atoms with Gasteiger partial charge in [0.1, 0.15) is 11.3 Å². The molecule has 3 rings (SSSR count). The smallest absolute Gasteiger partial charge is 0.134 e. The van der Waals surface area contributed by atoms with Gasteiger partial charge in [-0.3, -0.25) is 0 Å². The monoisotopic (exact) mass is 227 g/mol. The van der Waals surface area contributed by atoms with Gasteiger partial charge in [-0.05, 0) is 12.1 Å². The van der Waals surface area contributed by atoms with Crippen LogP contribution in [0.2, 0.25) is 0 Å². The van der Waals surface area contributed by atoms with E-state index in [-0.39, 0.29) is 0 Å². The molecule has 0 saturated heterocycles. The molecule has 17 heavy (non-hydrogen) atoms. The molecule has 4 nitrogen and oxygen atoms in total. The van der Waals surface area contributed by atoms with Gasteiger partial charge in [0.15, 0.2) is 0 Å². The maximum absolute atomic E-state index is 5.70. The van der Waals surface area contributed by atoms with Crippen molar-refractivity contribution in [3.63, 3.8) is 0 Å². The summed E-state index contributed by atoms with van der Waals surface area (Å²) in [6.07, 6.45) is 3.49. The summed E-state index contributed by atoms with van der Waals surface area (Å²) in [7, 11) is 0. The van der Waals surface area contributed by atoms with Gasteiger partial charge in [0.05, 0.1) is 12.9 Å². The van der Waals surface area contributed by atoms with Gasteiger partial charge in [-0.15, -0.1) is 0 Å². The Labute approximate surface area is 98.7 Å². The maximum atomic E-state index is 5.70. The molecule has 0 aliphatic heterocycles. The SMILES string of the molecule is c1ccc2oc(CNCc3cnc[nH]3)cc2c1. The fourth-order valence-corrected chi connectivity index (χ4v) is 1.83. The predicted octanol–water partition coefficient (Wildman–Crippen LogP) is 2.45. The minimum Gasteiger partial charge on any atom is -0.460 e. The number of hydrogen-bond acceptors (Lipinski definition) is 3. The molecule has 0 atom stereocenters. The average molecular weight is 227 g/mol. The van der Waals surface area contributed by atoms with Crippen molar-refractivity contribution in [2.75, 3.05) is 0 Å². The molecular formula is C13H13N3O. The summed E-state index contributed by atoms with van der Waals surface area (Å²) in [6.45, 7) is 1.48. The molecule has 2 heterocycles. The van der Waals surface area contributed by atoms with Crippen molar-refractivity contribution in [3.8, 4) is 0 Å². The quantitative estimate of drug-likeness (QED) is 0.719. The number of hydrogen-bond donors (Lipinski definition) is 2. The summed E-state index contributed by atoms with van der Waals surface area (Å²) in [6, 6.07) is 10.1. The largest absolute Gasteiger partial charge is 0.460 e. The molecule has 0 saturated carbocycles. The van der Waals surface area contributed by atoms with E-state index in [9.17, 15) is 0 Å². The lowest BCUT2D eigenvalue weighted by Gasteiger charge is -1.99. The van der Waals surface area contributed by atoms with Crippen LogP contribution >= 0.6 is 0 Å². The average Bonchev–Trinajstić information content (AvgIpc) is 2.96. The van der Waals surface area contributed by atoms with E-state index in [2.05, 4.69) is 27.4 Å². The van der Waals surface area contributed by atoms with Crippen LogP contribution in [-0.2, 0) is 13.1 Å². The fourth-order valence-electron chi connectivity index (χ4n) is 1.83. The number of nitrogens with one attached hydrogen (secondary N) is 2. The lowest BCUT2D eigenvalue weighted by atomic mass is 10.2. The van der Waals surface area contributed by atoms with Gasteiger partial charge in [0.2, 0.25) is 0 Å². The van der Waals surface area contributed by atoms with E-state index in [0.29, 0.717) is 6.54 Å². The lowest BCUT2D eigenvalue weighted by Crippen LogP contribution is -2.12. The zero-order valence-electron chi connectivity index (χ0n) is 9.31. The summed E-state index contributed by atoms with van der Waals surface area (Å²) in [5.41, 5.74) is 2.01. The predicted molar refractivity (Wildman–Crippen MR) is 65.3 cm³/mol. The van der Waals surface area contributed by atoms with Crippen LogP contribution in [0, 0.1) is 0 Å². The minimum absolute atomic E-state index is 0.716. The minimum atomic E-state index is 0.716. The van der Waals surface area contributed by atoms with Crippen molar-refractivity contribution in [1.82, 2.24) is 15.3 Å². The Morgan fingerprint density at radius 1 is 1.24 bits per heavy atom. The molecule has 0 fully saturated rings. The molecule has 2 aromatic heterocycles. The second-order valence-electron chi connectivity index (χ2n) is 3.93. The van der Waals surface area contributed by atoms with E-state index >= 15 is 0 Å². The normalized spacial score (nSPS) is 11.1. The van der Waals surface area contributed by atoms with E-state index in [1.807, 2.05) is 24.4 Å². The van der Waals surface area contributed by atoms with Gasteiger partial charge in [-0.1, -0.05) is 18.2 Å². The van der Waals surface area contributed by atoms with E-state index in [1.54, 1.807) is 6.33 Å². The Morgan fingerprint density at radius 2 is 2.18 bits per heavy atom. The number of rotatable bonds is 4. The van der Waals surface area contributed by atoms with E-state index in [1.165, 1.54) is 0 Å². The Morgan fingerprint density at radius 3 is 3.00 bits per heavy atom. The van der Waals surface area contributed by atoms with Crippen LogP contribution in [0.5, 0.6) is 0 Å². The molecule has 3 aromatic rings. The summed E-state index contributed by atoms with van der Waals surface area (Å²) < 4.78 is 5.70. The summed E-state index contributed by atoms with van der Waals surface area (Å²) in [4.78, 5) is 7.01. The Bertz CT molecular complexity index is 565. The molecule has 0 aliphatic rings. The molecule has 0 bridgehead atoms. The van der Waals surface area contributed by atoms with Crippen LogP contribution in [0.4, 0.5) is 0 Å². The van der Waals surface area contributed by atoms with E-state index in [0.717, 1.165) is 29.0 Å². The zero-order valence-corrected chi connectivity index (χ0v) is 9.31. The number of H-pyrrole nitrogens is 1. The first-order valence-electron chi connectivity index (χ1n) is 5.57. The number of furan rings is 1. The first-order valence-corrected chi connectivity index (χ1v) is 5.57. The van der Waals surface area contributed by atoms with Gasteiger partial charge < -0.3 is 14.7 Å². The van der Waals surface area contributed by atoms with Crippen LogP contribution in [0.1, 0.15) is 11.5 Å². The Kier molecular flexibility index (Phi) is 2.63. The van der Waals surface area contributed by atoms with Crippen molar-refractivity contribution in [3.05, 3.63) is 54.3 Å². The highest BCUT2D eigenvalue weighted by atomic mass is 16.3. The number of imidazole rings is 1. The topological polar surface area (TPSA) is 53.9 Å². The first kappa shape index (κ1) is 10.1. The fraction of sp³-hybridized carbons (Fsp3) is 0.154. The second kappa shape index (κ2) is 4.43. The molecule has 0 unspecified atom stereocenters. The molecule has 4 heteroatoms. The van der Waals surface area contributed by atoms with E-state index in [4.69, 9.17) is 4.42 Å². The lowest BCUT2D eigenvalue weighted by molar-refractivity contribution is 0.512. The molecule has 0 amide bonds. The van der Waals surface area contributed by atoms with Gasteiger partial charge in [-0.2, -0.15) is 0 Å². The molecule has 1 aromatic carbocycles. The number of nitrogens with zero attached hydrogens (tertiary/aromatic N) is 1. The summed E-state index contributed by atoms with van der Waals surface area (Å²) >= 11 is 0. The molecule has 0 aliphatic carbocycles. The highest BCUT2D eigenvalue weighted by Crippen LogP contribution is 2.18. The van der Waals surface area contributed by atoms with Crippen molar-refractivity contribution in [2.24, 2.45) is 0 Å². The van der Waals surface area contributed by atoms with Crippen molar-refractivity contribution < 1.29 is 4.42 Å². The van der Waals surface area contributed by atoms with Gasteiger partial charge >= 0.3 is 0 Å². The van der Waals surface area contributed by atoms with Crippen molar-refractivity contribution >= 4 is 11.0 Å². The third-order valence-electron chi connectivity index (χ3n) is 2.65. The van der Waals surface area contributed by atoms with Gasteiger partial charge in [-0.25, -0.2) is 4.98 Å². The second-order valence-corrected chi connectivity index (χ2v) is 3.93. The summed E-state index contributed by atoms with van der Waals surface area (Å²) in [5, 5.41) is 4.44. The maximum Gasteiger partial charge on any atom is 0.134 e. The number of aromatic nitrogens is 2. The van der Waals surface area contributed by atoms with Crippen LogP contribution in [0.3, 0.4) is 0 Å². The first-order chi connectivity index (χ1) is 8.42. The number of para-hydroxylation sites is 1. The Balaban J connectivity index is 1.65. The number of aromatic amines is 1. The third kappa shape index (κ3) is 2.21. The molecule has 86 valence electrons. The number of fused-ring (bicyclic) bond motifs is 1. The van der Waals surface area contributed by atoms with Crippen LogP contribution < -0.4 is 5.32 Å². The Hall–Kier alpha value is -2.07. The van der Waals surface area contributed by atoms with Crippen LogP contribution in [0.25, 0.3) is 11.0 Å². The molecular weight excluding hydrogens is 214 g/mol. The van der Waals surface area contributed by atoms with E-state index < -0.39 is 0 Å².